The average molecular weight is 238 g/mol. The van der Waals surface area contributed by atoms with Crippen molar-refractivity contribution in [2.24, 2.45) is 11.8 Å². The topological polar surface area (TPSA) is 26.3 Å². The first-order valence-corrected chi connectivity index (χ1v) is 6.83. The zero-order chi connectivity index (χ0) is 12.9. The van der Waals surface area contributed by atoms with Crippen LogP contribution >= 0.6 is 0 Å². The zero-order valence-electron chi connectivity index (χ0n) is 11.7. The third-order valence-electron chi connectivity index (χ3n) is 3.80. The Hall–Kier alpha value is -0.790. The highest BCUT2D eigenvalue weighted by atomic mass is 16.6. The molecule has 98 valence electrons. The summed E-state index contributed by atoms with van der Waals surface area (Å²) >= 11 is 0. The molecule has 1 aliphatic rings. The Balaban J connectivity index is 2.55. The minimum Gasteiger partial charge on any atom is -0.459 e. The molecule has 1 rings (SSSR count). The largest absolute Gasteiger partial charge is 0.459 e. The molecule has 0 spiro atoms. The van der Waals surface area contributed by atoms with Crippen molar-refractivity contribution >= 4 is 5.97 Å². The fourth-order valence-electron chi connectivity index (χ4n) is 2.60. The Bertz CT molecular complexity index is 273. The van der Waals surface area contributed by atoms with Crippen LogP contribution in [0.25, 0.3) is 0 Å². The maximum Gasteiger partial charge on any atom is 0.313 e. The van der Waals surface area contributed by atoms with Crippen LogP contribution in [0.5, 0.6) is 0 Å². The normalized spacial score (nSPS) is 20.5. The number of hydrogen-bond acceptors (Lipinski definition) is 2. The predicted molar refractivity (Wildman–Crippen MR) is 70.7 cm³/mol. The molecule has 0 saturated heterocycles. The molecular weight excluding hydrogens is 212 g/mol. The smallest absolute Gasteiger partial charge is 0.313 e. The molecule has 0 heterocycles. The van der Waals surface area contributed by atoms with Crippen molar-refractivity contribution in [1.82, 2.24) is 0 Å². The second-order valence-corrected chi connectivity index (χ2v) is 5.67. The summed E-state index contributed by atoms with van der Waals surface area (Å²) < 4.78 is 5.70. The van der Waals surface area contributed by atoms with E-state index in [-0.39, 0.29) is 17.5 Å². The SMILES string of the molecule is C/C=C\C(C)C(=O)OC(C)(C)C1CCCCC1. The van der Waals surface area contributed by atoms with Gasteiger partial charge in [0.2, 0.25) is 0 Å². The van der Waals surface area contributed by atoms with Gasteiger partial charge in [0, 0.05) is 0 Å². The van der Waals surface area contributed by atoms with Crippen LogP contribution in [-0.4, -0.2) is 11.6 Å². The van der Waals surface area contributed by atoms with Gasteiger partial charge in [0.15, 0.2) is 0 Å². The summed E-state index contributed by atoms with van der Waals surface area (Å²) in [5, 5.41) is 0. The van der Waals surface area contributed by atoms with Gasteiger partial charge >= 0.3 is 5.97 Å². The Morgan fingerprint density at radius 2 is 1.88 bits per heavy atom. The molecule has 2 nitrogen and oxygen atoms in total. The van der Waals surface area contributed by atoms with Crippen LogP contribution in [0.15, 0.2) is 12.2 Å². The second-order valence-electron chi connectivity index (χ2n) is 5.67. The maximum atomic E-state index is 11.9. The van der Waals surface area contributed by atoms with Crippen molar-refractivity contribution in [1.29, 1.82) is 0 Å². The van der Waals surface area contributed by atoms with Crippen molar-refractivity contribution in [3.8, 4) is 0 Å². The van der Waals surface area contributed by atoms with Crippen molar-refractivity contribution < 1.29 is 9.53 Å². The fourth-order valence-corrected chi connectivity index (χ4v) is 2.60. The van der Waals surface area contributed by atoms with Gasteiger partial charge in [-0.15, -0.1) is 0 Å². The Kier molecular flexibility index (Phi) is 5.23. The molecule has 0 bridgehead atoms. The van der Waals surface area contributed by atoms with Gasteiger partial charge in [-0.3, -0.25) is 4.79 Å². The predicted octanol–water partition coefficient (Wildman–Crippen LogP) is 4.10. The molecule has 17 heavy (non-hydrogen) atoms. The first-order chi connectivity index (χ1) is 7.97. The van der Waals surface area contributed by atoms with E-state index in [0.29, 0.717) is 5.92 Å². The highest BCUT2D eigenvalue weighted by Crippen LogP contribution is 2.35. The van der Waals surface area contributed by atoms with E-state index in [2.05, 4.69) is 13.8 Å². The Labute approximate surface area is 105 Å². The lowest BCUT2D eigenvalue weighted by atomic mass is 9.78. The number of rotatable bonds is 4. The van der Waals surface area contributed by atoms with E-state index in [0.717, 1.165) is 0 Å². The molecule has 1 unspecified atom stereocenters. The molecule has 1 atom stereocenters. The van der Waals surface area contributed by atoms with Crippen LogP contribution in [0.4, 0.5) is 0 Å². The minimum atomic E-state index is -0.312. The number of carbonyl (C=O) groups excluding carboxylic acids is 1. The molecule has 0 aromatic carbocycles. The van der Waals surface area contributed by atoms with E-state index in [9.17, 15) is 4.79 Å². The quantitative estimate of drug-likeness (QED) is 0.544. The van der Waals surface area contributed by atoms with E-state index in [1.807, 2.05) is 26.0 Å². The van der Waals surface area contributed by atoms with Gasteiger partial charge in [-0.1, -0.05) is 31.4 Å². The van der Waals surface area contributed by atoms with Crippen molar-refractivity contribution in [2.75, 3.05) is 0 Å². The zero-order valence-corrected chi connectivity index (χ0v) is 11.7. The Morgan fingerprint density at radius 1 is 1.29 bits per heavy atom. The lowest BCUT2D eigenvalue weighted by Crippen LogP contribution is -2.39. The van der Waals surface area contributed by atoms with Crippen molar-refractivity contribution in [2.45, 2.75) is 65.4 Å². The van der Waals surface area contributed by atoms with Crippen LogP contribution in [0.3, 0.4) is 0 Å². The van der Waals surface area contributed by atoms with Gasteiger partial charge in [0.05, 0.1) is 5.92 Å². The molecular formula is C15H26O2. The van der Waals surface area contributed by atoms with Crippen LogP contribution in [0.1, 0.15) is 59.8 Å². The number of allylic oxidation sites excluding steroid dienone is 1. The summed E-state index contributed by atoms with van der Waals surface area (Å²) in [6.45, 7) is 7.93. The lowest BCUT2D eigenvalue weighted by Gasteiger charge is -2.37. The van der Waals surface area contributed by atoms with E-state index in [1.165, 1.54) is 32.1 Å². The summed E-state index contributed by atoms with van der Waals surface area (Å²) in [6.07, 6.45) is 10.1. The summed E-state index contributed by atoms with van der Waals surface area (Å²) in [6, 6.07) is 0. The standard InChI is InChI=1S/C15H26O2/c1-5-9-12(2)14(16)17-15(3,4)13-10-7-6-8-11-13/h5,9,12-13H,6-8,10-11H2,1-4H3/b9-5-. The van der Waals surface area contributed by atoms with Crippen molar-refractivity contribution in [3.63, 3.8) is 0 Å². The van der Waals surface area contributed by atoms with Gasteiger partial charge < -0.3 is 4.74 Å². The van der Waals surface area contributed by atoms with Crippen LogP contribution in [0, 0.1) is 11.8 Å². The Morgan fingerprint density at radius 3 is 2.41 bits per heavy atom. The van der Waals surface area contributed by atoms with Gasteiger partial charge in [0.25, 0.3) is 0 Å². The van der Waals surface area contributed by atoms with Gasteiger partial charge in [-0.25, -0.2) is 0 Å². The molecule has 0 aromatic rings. The molecule has 2 heteroatoms. The van der Waals surface area contributed by atoms with E-state index >= 15 is 0 Å². The lowest BCUT2D eigenvalue weighted by molar-refractivity contribution is -0.165. The summed E-state index contributed by atoms with van der Waals surface area (Å²) in [4.78, 5) is 11.9. The fraction of sp³-hybridized carbons (Fsp3) is 0.800. The first kappa shape index (κ1) is 14.3. The molecule has 0 aliphatic heterocycles. The second kappa shape index (κ2) is 6.23. The summed E-state index contributed by atoms with van der Waals surface area (Å²) in [5.41, 5.74) is -0.312. The molecule has 1 aliphatic carbocycles. The van der Waals surface area contributed by atoms with Gasteiger partial charge in [-0.05, 0) is 46.5 Å². The van der Waals surface area contributed by atoms with Crippen molar-refractivity contribution in [3.05, 3.63) is 12.2 Å². The molecule has 1 fully saturated rings. The van der Waals surface area contributed by atoms with Gasteiger partial charge in [0.1, 0.15) is 5.60 Å². The van der Waals surface area contributed by atoms with Crippen LogP contribution < -0.4 is 0 Å². The first-order valence-electron chi connectivity index (χ1n) is 6.83. The van der Waals surface area contributed by atoms with E-state index in [1.54, 1.807) is 0 Å². The minimum absolute atomic E-state index is 0.0985. The maximum absolute atomic E-state index is 11.9. The summed E-state index contributed by atoms with van der Waals surface area (Å²) in [5.74, 6) is 0.291. The highest BCUT2D eigenvalue weighted by molar-refractivity contribution is 5.74. The highest BCUT2D eigenvalue weighted by Gasteiger charge is 2.34. The number of ether oxygens (including phenoxy) is 1. The third-order valence-corrected chi connectivity index (χ3v) is 3.80. The average Bonchev–Trinajstić information content (AvgIpc) is 2.30. The van der Waals surface area contributed by atoms with Crippen LogP contribution in [0.2, 0.25) is 0 Å². The molecule has 0 N–H and O–H groups in total. The number of carbonyl (C=O) groups is 1. The number of esters is 1. The third kappa shape index (κ3) is 4.18. The summed E-state index contributed by atoms with van der Waals surface area (Å²) in [7, 11) is 0. The molecule has 0 radical (unpaired) electrons. The van der Waals surface area contributed by atoms with E-state index < -0.39 is 0 Å². The molecule has 0 aromatic heterocycles. The van der Waals surface area contributed by atoms with E-state index in [4.69, 9.17) is 4.74 Å². The number of hydrogen-bond donors (Lipinski definition) is 0. The molecule has 1 saturated carbocycles. The van der Waals surface area contributed by atoms with Gasteiger partial charge in [-0.2, -0.15) is 0 Å². The monoisotopic (exact) mass is 238 g/mol. The molecule has 0 amide bonds. The van der Waals surface area contributed by atoms with Crippen LogP contribution in [-0.2, 0) is 9.53 Å².